The molecule has 0 aromatic carbocycles. The minimum Gasteiger partial charge on any atom is -0.369 e. The van der Waals surface area contributed by atoms with Crippen LogP contribution in [0.15, 0.2) is 0 Å². The van der Waals surface area contributed by atoms with Gasteiger partial charge in [0.2, 0.25) is 0 Å². The van der Waals surface area contributed by atoms with Crippen LogP contribution in [0.5, 0.6) is 0 Å². The second kappa shape index (κ2) is 3.47. The van der Waals surface area contributed by atoms with Crippen molar-refractivity contribution in [2.75, 3.05) is 33.2 Å². The van der Waals surface area contributed by atoms with E-state index in [0.717, 1.165) is 19.1 Å². The summed E-state index contributed by atoms with van der Waals surface area (Å²) >= 11 is 0. The van der Waals surface area contributed by atoms with Crippen LogP contribution in [0.3, 0.4) is 0 Å². The zero-order valence-electron chi connectivity index (χ0n) is 8.98. The standard InChI is InChI=1S/C11H20N2O/c1-12-6-9-7-13-5-3-2-4-10(13)11(8-12)14-9/h9-11H,2-8H2,1H3/t9?,10-,11+/m0/s1. The number of likely N-dealkylation sites (N-methyl/N-ethyl adjacent to an activating group) is 1. The fraction of sp³-hybridized carbons (Fsp3) is 1.00. The Morgan fingerprint density at radius 1 is 1.14 bits per heavy atom. The zero-order valence-corrected chi connectivity index (χ0v) is 8.98. The lowest BCUT2D eigenvalue weighted by molar-refractivity contribution is -0.169. The summed E-state index contributed by atoms with van der Waals surface area (Å²) in [5.41, 5.74) is 0. The number of fused-ring (bicyclic) bond motifs is 4. The number of morpholine rings is 2. The second-order valence-corrected chi connectivity index (χ2v) is 5.08. The van der Waals surface area contributed by atoms with Gasteiger partial charge in [-0.15, -0.1) is 0 Å². The number of piperidine rings is 1. The third-order valence-electron chi connectivity index (χ3n) is 3.91. The molecule has 0 aromatic heterocycles. The molecule has 3 saturated heterocycles. The van der Waals surface area contributed by atoms with Crippen LogP contribution in [0.1, 0.15) is 19.3 Å². The highest BCUT2D eigenvalue weighted by molar-refractivity contribution is 4.94. The predicted molar refractivity (Wildman–Crippen MR) is 55.4 cm³/mol. The quantitative estimate of drug-likeness (QED) is 0.563. The van der Waals surface area contributed by atoms with Crippen LogP contribution in [-0.4, -0.2) is 61.3 Å². The van der Waals surface area contributed by atoms with Crippen LogP contribution in [0, 0.1) is 0 Å². The van der Waals surface area contributed by atoms with Gasteiger partial charge in [-0.1, -0.05) is 6.42 Å². The summed E-state index contributed by atoms with van der Waals surface area (Å²) in [5.74, 6) is 0. The molecule has 3 aliphatic rings. The molecule has 3 heteroatoms. The Labute approximate surface area is 86.0 Å². The largest absolute Gasteiger partial charge is 0.369 e. The summed E-state index contributed by atoms with van der Waals surface area (Å²) in [6.45, 7) is 4.74. The van der Waals surface area contributed by atoms with Crippen LogP contribution in [0.2, 0.25) is 0 Å². The summed E-state index contributed by atoms with van der Waals surface area (Å²) < 4.78 is 6.08. The van der Waals surface area contributed by atoms with Gasteiger partial charge in [-0.05, 0) is 26.4 Å². The van der Waals surface area contributed by atoms with Gasteiger partial charge in [-0.25, -0.2) is 0 Å². The van der Waals surface area contributed by atoms with Crippen molar-refractivity contribution in [2.45, 2.75) is 37.5 Å². The molecular weight excluding hydrogens is 176 g/mol. The van der Waals surface area contributed by atoms with E-state index in [1.165, 1.54) is 32.4 Å². The number of hydrogen-bond acceptors (Lipinski definition) is 3. The minimum atomic E-state index is 0.480. The smallest absolute Gasteiger partial charge is 0.0861 e. The van der Waals surface area contributed by atoms with Crippen molar-refractivity contribution < 1.29 is 4.74 Å². The molecule has 14 heavy (non-hydrogen) atoms. The first-order valence-corrected chi connectivity index (χ1v) is 5.91. The molecule has 0 aromatic rings. The minimum absolute atomic E-state index is 0.480. The highest BCUT2D eigenvalue weighted by Crippen LogP contribution is 2.29. The zero-order chi connectivity index (χ0) is 9.54. The molecule has 0 saturated carbocycles. The first kappa shape index (κ1) is 9.13. The highest BCUT2D eigenvalue weighted by Gasteiger charge is 2.41. The summed E-state index contributed by atoms with van der Waals surface area (Å²) in [6, 6.07) is 0.725. The monoisotopic (exact) mass is 196 g/mol. The molecule has 0 radical (unpaired) electrons. The van der Waals surface area contributed by atoms with E-state index in [2.05, 4.69) is 16.8 Å². The highest BCUT2D eigenvalue weighted by atomic mass is 16.5. The van der Waals surface area contributed by atoms with Crippen LogP contribution >= 0.6 is 0 Å². The molecule has 2 bridgehead atoms. The van der Waals surface area contributed by atoms with E-state index in [1.807, 2.05) is 0 Å². The summed E-state index contributed by atoms with van der Waals surface area (Å²) in [6.07, 6.45) is 5.12. The van der Waals surface area contributed by atoms with Crippen molar-refractivity contribution in [3.8, 4) is 0 Å². The topological polar surface area (TPSA) is 15.7 Å². The average molecular weight is 196 g/mol. The molecule has 3 nitrogen and oxygen atoms in total. The first-order chi connectivity index (χ1) is 6.83. The van der Waals surface area contributed by atoms with Crippen LogP contribution in [-0.2, 0) is 4.74 Å². The van der Waals surface area contributed by atoms with E-state index in [1.54, 1.807) is 0 Å². The summed E-state index contributed by atoms with van der Waals surface area (Å²) in [5, 5.41) is 0. The Kier molecular flexibility index (Phi) is 2.26. The average Bonchev–Trinajstić information content (AvgIpc) is 2.17. The SMILES string of the molecule is CN1CC2CN3CCCC[C@H]3[C@@H](C1)O2. The van der Waals surface area contributed by atoms with E-state index in [9.17, 15) is 0 Å². The molecule has 1 unspecified atom stereocenters. The van der Waals surface area contributed by atoms with Crippen molar-refractivity contribution in [2.24, 2.45) is 0 Å². The van der Waals surface area contributed by atoms with Gasteiger partial charge in [-0.3, -0.25) is 4.90 Å². The molecule has 3 rings (SSSR count). The van der Waals surface area contributed by atoms with Crippen molar-refractivity contribution in [1.82, 2.24) is 9.80 Å². The maximum absolute atomic E-state index is 6.08. The van der Waals surface area contributed by atoms with E-state index < -0.39 is 0 Å². The van der Waals surface area contributed by atoms with E-state index in [-0.39, 0.29) is 0 Å². The van der Waals surface area contributed by atoms with E-state index in [4.69, 9.17) is 4.74 Å². The third-order valence-corrected chi connectivity index (χ3v) is 3.91. The maximum atomic E-state index is 6.08. The van der Waals surface area contributed by atoms with Crippen molar-refractivity contribution >= 4 is 0 Å². The third kappa shape index (κ3) is 1.47. The number of rotatable bonds is 0. The van der Waals surface area contributed by atoms with Crippen LogP contribution in [0.25, 0.3) is 0 Å². The second-order valence-electron chi connectivity index (χ2n) is 5.08. The lowest BCUT2D eigenvalue weighted by atomic mass is 9.92. The lowest BCUT2D eigenvalue weighted by Gasteiger charge is -2.51. The first-order valence-electron chi connectivity index (χ1n) is 5.91. The molecule has 3 aliphatic heterocycles. The normalized spacial score (nSPS) is 44.8. The van der Waals surface area contributed by atoms with Gasteiger partial charge in [0.15, 0.2) is 0 Å². The van der Waals surface area contributed by atoms with Crippen molar-refractivity contribution in [1.29, 1.82) is 0 Å². The molecule has 3 atom stereocenters. The van der Waals surface area contributed by atoms with Crippen molar-refractivity contribution in [3.63, 3.8) is 0 Å². The van der Waals surface area contributed by atoms with Crippen LogP contribution < -0.4 is 0 Å². The summed E-state index contributed by atoms with van der Waals surface area (Å²) in [4.78, 5) is 5.11. The van der Waals surface area contributed by atoms with Crippen LogP contribution in [0.4, 0.5) is 0 Å². The van der Waals surface area contributed by atoms with Gasteiger partial charge < -0.3 is 9.64 Å². The lowest BCUT2D eigenvalue weighted by Crippen LogP contribution is -2.64. The molecular formula is C11H20N2O. The Balaban J connectivity index is 1.76. The molecule has 0 spiro atoms. The fourth-order valence-electron chi connectivity index (χ4n) is 3.30. The van der Waals surface area contributed by atoms with Gasteiger partial charge in [0.25, 0.3) is 0 Å². The van der Waals surface area contributed by atoms with Gasteiger partial charge in [0.1, 0.15) is 0 Å². The van der Waals surface area contributed by atoms with Gasteiger partial charge in [0, 0.05) is 25.7 Å². The fourth-order valence-corrected chi connectivity index (χ4v) is 3.30. The summed E-state index contributed by atoms with van der Waals surface area (Å²) in [7, 11) is 2.22. The Hall–Kier alpha value is -0.120. The van der Waals surface area contributed by atoms with Gasteiger partial charge >= 0.3 is 0 Å². The van der Waals surface area contributed by atoms with Gasteiger partial charge in [-0.2, -0.15) is 0 Å². The molecule has 80 valence electrons. The number of nitrogens with zero attached hydrogens (tertiary/aromatic N) is 2. The predicted octanol–water partition coefficient (Wildman–Crippen LogP) is 0.554. The number of hydrogen-bond donors (Lipinski definition) is 0. The molecule has 3 fully saturated rings. The Bertz CT molecular complexity index is 219. The van der Waals surface area contributed by atoms with E-state index in [0.29, 0.717) is 12.2 Å². The van der Waals surface area contributed by atoms with E-state index >= 15 is 0 Å². The molecule has 0 aliphatic carbocycles. The Morgan fingerprint density at radius 3 is 3.00 bits per heavy atom. The molecule has 0 amide bonds. The van der Waals surface area contributed by atoms with Crippen molar-refractivity contribution in [3.05, 3.63) is 0 Å². The number of ether oxygens (including phenoxy) is 1. The van der Waals surface area contributed by atoms with Gasteiger partial charge in [0.05, 0.1) is 12.2 Å². The molecule has 3 heterocycles. The maximum Gasteiger partial charge on any atom is 0.0861 e. The molecule has 0 N–H and O–H groups in total. The Morgan fingerprint density at radius 2 is 2.07 bits per heavy atom.